The number of hydrogen-bond acceptors (Lipinski definition) is 6. The Hall–Kier alpha value is -4.13. The molecule has 0 fully saturated rings. The Morgan fingerprint density at radius 1 is 0.848 bits per heavy atom. The van der Waals surface area contributed by atoms with Gasteiger partial charge in [-0.1, -0.05) is 77.1 Å². The number of carbonyl (C=O) groups is 3. The number of rotatable bonds is 5. The van der Waals surface area contributed by atoms with Gasteiger partial charge in [0, 0.05) is 54.2 Å². The van der Waals surface area contributed by atoms with Crippen molar-refractivity contribution >= 4 is 35.0 Å². The molecule has 4 rings (SSSR count). The van der Waals surface area contributed by atoms with Crippen molar-refractivity contribution in [3.05, 3.63) is 88.0 Å². The number of carbonyl (C=O) groups excluding carboxylic acids is 3. The van der Waals surface area contributed by atoms with Crippen LogP contribution < -0.4 is 0 Å². The van der Waals surface area contributed by atoms with Gasteiger partial charge in [0.1, 0.15) is 17.1 Å². The van der Waals surface area contributed by atoms with E-state index in [-0.39, 0.29) is 11.3 Å². The summed E-state index contributed by atoms with van der Waals surface area (Å²) in [6.45, 7) is 22.8. The van der Waals surface area contributed by atoms with E-state index in [0.29, 0.717) is 29.1 Å². The topological polar surface area (TPSA) is 83.8 Å². The highest BCUT2D eigenvalue weighted by molar-refractivity contribution is 5.98. The Morgan fingerprint density at radius 2 is 1.46 bits per heavy atom. The van der Waals surface area contributed by atoms with Gasteiger partial charge < -0.3 is 14.2 Å². The normalized spacial score (nSPS) is 17.8. The Kier molecular flexibility index (Phi) is 9.50. The molecule has 0 spiro atoms. The quantitative estimate of drug-likeness (QED) is 0.159. The van der Waals surface area contributed by atoms with Gasteiger partial charge in [-0.05, 0) is 68.9 Å². The summed E-state index contributed by atoms with van der Waals surface area (Å²) in [5, 5.41) is 0.823. The lowest BCUT2D eigenvalue weighted by molar-refractivity contribution is -0.139. The number of fused-ring (bicyclic) bond motifs is 3. The fraction of sp³-hybridized carbons (Fsp3) is 0.462. The zero-order valence-electron chi connectivity index (χ0n) is 29.5. The Bertz CT molecular complexity index is 1720. The van der Waals surface area contributed by atoms with Crippen molar-refractivity contribution in [3.63, 3.8) is 0 Å². The third-order valence-electron chi connectivity index (χ3n) is 8.59. The van der Waals surface area contributed by atoms with Gasteiger partial charge in [-0.3, -0.25) is 9.59 Å². The molecule has 0 unspecified atom stereocenters. The minimum atomic E-state index is -0.751. The van der Waals surface area contributed by atoms with E-state index in [1.807, 2.05) is 65.0 Å². The first-order valence-electron chi connectivity index (χ1n) is 15.9. The number of ether oxygens (including phenoxy) is 3. The van der Waals surface area contributed by atoms with Crippen LogP contribution in [0.5, 0.6) is 0 Å². The second-order valence-electron chi connectivity index (χ2n) is 15.1. The molecule has 7 heteroatoms. The molecule has 2 atom stereocenters. The van der Waals surface area contributed by atoms with Crippen molar-refractivity contribution in [2.75, 3.05) is 0 Å². The zero-order chi connectivity index (χ0) is 34.4. The van der Waals surface area contributed by atoms with Gasteiger partial charge >= 0.3 is 18.0 Å². The van der Waals surface area contributed by atoms with Crippen molar-refractivity contribution in [1.82, 2.24) is 4.57 Å². The van der Waals surface area contributed by atoms with Crippen molar-refractivity contribution in [2.45, 2.75) is 112 Å². The summed E-state index contributed by atoms with van der Waals surface area (Å²) in [6, 6.07) is 16.2. The van der Waals surface area contributed by atoms with Crippen molar-refractivity contribution < 1.29 is 28.6 Å². The summed E-state index contributed by atoms with van der Waals surface area (Å²) in [6.07, 6.45) is 1.71. The van der Waals surface area contributed by atoms with E-state index in [2.05, 4.69) is 58.9 Å². The number of hydrogen-bond donors (Lipinski definition) is 0. The van der Waals surface area contributed by atoms with Crippen LogP contribution in [0.25, 0.3) is 17.0 Å². The maximum absolute atomic E-state index is 14.2. The molecule has 7 nitrogen and oxygen atoms in total. The molecular formula is C39H49NO6. The van der Waals surface area contributed by atoms with Crippen LogP contribution in [0.15, 0.2) is 65.6 Å². The summed E-state index contributed by atoms with van der Waals surface area (Å²) in [5.41, 5.74) is 3.64. The molecular weight excluding hydrogens is 578 g/mol. The molecule has 1 heterocycles. The van der Waals surface area contributed by atoms with Crippen LogP contribution in [0.1, 0.15) is 124 Å². The fourth-order valence-electron chi connectivity index (χ4n) is 6.53. The lowest BCUT2D eigenvalue weighted by Gasteiger charge is -2.40. The van der Waals surface area contributed by atoms with E-state index in [1.54, 1.807) is 4.57 Å². The van der Waals surface area contributed by atoms with Gasteiger partial charge in [-0.2, -0.15) is 0 Å². The molecule has 0 aliphatic heterocycles. The molecule has 0 N–H and O–H groups in total. The number of esters is 2. The maximum Gasteiger partial charge on any atom is 0.419 e. The second-order valence-corrected chi connectivity index (χ2v) is 15.1. The first-order valence-corrected chi connectivity index (χ1v) is 15.9. The molecule has 1 aliphatic carbocycles. The number of para-hydroxylation sites is 1. The van der Waals surface area contributed by atoms with E-state index >= 15 is 0 Å². The highest BCUT2D eigenvalue weighted by atomic mass is 16.6. The lowest BCUT2D eigenvalue weighted by atomic mass is 9.65. The van der Waals surface area contributed by atoms with Crippen LogP contribution >= 0.6 is 0 Å². The second kappa shape index (κ2) is 12.6. The molecule has 0 saturated heterocycles. The molecule has 46 heavy (non-hydrogen) atoms. The standard InChI is InChI=1S/C39H49NO6/c1-23(2)32(44-24(3)41)21-30-34(26-17-19-27(20-18-26)37(5,6)7)39(11,12)33(45-25(4)42)22-29-28-15-13-14-16-31(28)40(35(29)30)36(43)46-38(8,9)10/h13-20,22,30,34H,21H2,1-12H3/t30-,34-/m1/s1. The molecule has 0 bridgehead atoms. The van der Waals surface area contributed by atoms with Crippen LogP contribution in [0.3, 0.4) is 0 Å². The SMILES string of the molecule is CC(=O)OC1=Cc2c(n(C(=O)OC(C)(C)C)c3ccccc23)[C@H](CC(OC(C)=O)=C(C)C)[C@@H](c2ccc(C(C)(C)C)cc2)C1(C)C. The molecule has 246 valence electrons. The van der Waals surface area contributed by atoms with Crippen LogP contribution in [-0.4, -0.2) is 28.2 Å². The Labute approximate surface area is 273 Å². The maximum atomic E-state index is 14.2. The Balaban J connectivity index is 2.17. The van der Waals surface area contributed by atoms with Gasteiger partial charge in [0.2, 0.25) is 0 Å². The van der Waals surface area contributed by atoms with Crippen molar-refractivity contribution in [3.8, 4) is 0 Å². The predicted molar refractivity (Wildman–Crippen MR) is 182 cm³/mol. The van der Waals surface area contributed by atoms with Gasteiger partial charge in [0.25, 0.3) is 0 Å². The average Bonchev–Trinajstić information content (AvgIpc) is 3.20. The third kappa shape index (κ3) is 7.14. The van der Waals surface area contributed by atoms with E-state index < -0.39 is 35.0 Å². The molecule has 0 saturated carbocycles. The largest absolute Gasteiger partial charge is 0.443 e. The van der Waals surface area contributed by atoms with Crippen LogP contribution in [0.2, 0.25) is 0 Å². The van der Waals surface area contributed by atoms with E-state index in [1.165, 1.54) is 19.4 Å². The average molecular weight is 628 g/mol. The first-order chi connectivity index (χ1) is 21.2. The highest BCUT2D eigenvalue weighted by Crippen LogP contribution is 2.57. The number of aromatic nitrogens is 1. The van der Waals surface area contributed by atoms with Crippen LogP contribution in [0, 0.1) is 5.41 Å². The summed E-state index contributed by atoms with van der Waals surface area (Å²) in [5.74, 6) is -0.564. The number of benzene rings is 2. The van der Waals surface area contributed by atoms with Crippen LogP contribution in [0.4, 0.5) is 4.79 Å². The summed E-state index contributed by atoms with van der Waals surface area (Å²) in [4.78, 5) is 39.2. The third-order valence-corrected chi connectivity index (χ3v) is 8.59. The predicted octanol–water partition coefficient (Wildman–Crippen LogP) is 9.78. The molecule has 2 aromatic carbocycles. The summed E-state index contributed by atoms with van der Waals surface area (Å²) >= 11 is 0. The van der Waals surface area contributed by atoms with Gasteiger partial charge in [0.15, 0.2) is 0 Å². The molecule has 0 radical (unpaired) electrons. The van der Waals surface area contributed by atoms with Crippen LogP contribution in [-0.2, 0) is 29.2 Å². The summed E-state index contributed by atoms with van der Waals surface area (Å²) < 4.78 is 19.6. The molecule has 1 aromatic heterocycles. The van der Waals surface area contributed by atoms with E-state index in [4.69, 9.17) is 14.2 Å². The highest BCUT2D eigenvalue weighted by Gasteiger charge is 2.47. The van der Waals surface area contributed by atoms with Gasteiger partial charge in [-0.25, -0.2) is 9.36 Å². The first kappa shape index (κ1) is 34.7. The minimum Gasteiger partial charge on any atom is -0.443 e. The van der Waals surface area contributed by atoms with Crippen molar-refractivity contribution in [1.29, 1.82) is 0 Å². The number of allylic oxidation sites excluding steroid dienone is 3. The Morgan fingerprint density at radius 3 is 1.98 bits per heavy atom. The summed E-state index contributed by atoms with van der Waals surface area (Å²) in [7, 11) is 0. The minimum absolute atomic E-state index is 0.0550. The lowest BCUT2D eigenvalue weighted by Crippen LogP contribution is -2.33. The van der Waals surface area contributed by atoms with Gasteiger partial charge in [-0.15, -0.1) is 0 Å². The monoisotopic (exact) mass is 627 g/mol. The number of nitrogens with zero attached hydrogens (tertiary/aromatic N) is 1. The molecule has 0 amide bonds. The smallest absolute Gasteiger partial charge is 0.419 e. The van der Waals surface area contributed by atoms with E-state index in [0.717, 1.165) is 22.1 Å². The van der Waals surface area contributed by atoms with E-state index in [9.17, 15) is 14.4 Å². The molecule has 1 aliphatic rings. The zero-order valence-corrected chi connectivity index (χ0v) is 29.5. The molecule has 3 aromatic rings. The fourth-order valence-corrected chi connectivity index (χ4v) is 6.53. The van der Waals surface area contributed by atoms with Crippen molar-refractivity contribution in [2.24, 2.45) is 5.41 Å². The van der Waals surface area contributed by atoms with Gasteiger partial charge in [0.05, 0.1) is 5.52 Å².